The van der Waals surface area contributed by atoms with Gasteiger partial charge in [0.15, 0.2) is 5.78 Å². The minimum atomic E-state index is -0.160. The van der Waals surface area contributed by atoms with E-state index >= 15 is 0 Å². The Kier molecular flexibility index (Phi) is 3.60. The van der Waals surface area contributed by atoms with E-state index in [2.05, 4.69) is 15.9 Å². The molecule has 0 bridgehead atoms. The van der Waals surface area contributed by atoms with Gasteiger partial charge in [-0.05, 0) is 23.8 Å². The van der Waals surface area contributed by atoms with Gasteiger partial charge in [0.2, 0.25) is 0 Å². The fourth-order valence-electron chi connectivity index (χ4n) is 2.08. The van der Waals surface area contributed by atoms with Crippen LogP contribution in [0.5, 0.6) is 5.75 Å². The van der Waals surface area contributed by atoms with Gasteiger partial charge < -0.3 is 4.74 Å². The SMILES string of the molecule is O=C(c1cc(Cl)sc1Cl)c1cc(Br)cc2c1OCC2. The number of carbonyl (C=O) groups is 1. The Morgan fingerprint density at radius 3 is 2.74 bits per heavy atom. The molecule has 19 heavy (non-hydrogen) atoms. The normalized spacial score (nSPS) is 13.2. The van der Waals surface area contributed by atoms with Gasteiger partial charge in [0.25, 0.3) is 0 Å². The fourth-order valence-corrected chi connectivity index (χ4v) is 4.04. The van der Waals surface area contributed by atoms with Gasteiger partial charge in [-0.15, -0.1) is 11.3 Å². The molecule has 0 amide bonds. The van der Waals surface area contributed by atoms with E-state index in [9.17, 15) is 4.79 Å². The van der Waals surface area contributed by atoms with Gasteiger partial charge in [0.05, 0.1) is 22.1 Å². The maximum atomic E-state index is 12.6. The van der Waals surface area contributed by atoms with Gasteiger partial charge in [-0.1, -0.05) is 39.1 Å². The Morgan fingerprint density at radius 1 is 1.26 bits per heavy atom. The molecule has 2 nitrogen and oxygen atoms in total. The van der Waals surface area contributed by atoms with Gasteiger partial charge in [0.1, 0.15) is 10.1 Å². The zero-order valence-corrected chi connectivity index (χ0v) is 13.4. The first-order valence-corrected chi connectivity index (χ1v) is 7.87. The predicted molar refractivity (Wildman–Crippen MR) is 81.1 cm³/mol. The van der Waals surface area contributed by atoms with Crippen LogP contribution in [0, 0.1) is 0 Å². The standard InChI is InChI=1S/C13H7BrCl2O2S/c14-7-3-6-1-2-18-12(6)8(4-7)11(17)9-5-10(15)19-13(9)16/h3-5H,1-2H2. The minimum absolute atomic E-state index is 0.160. The summed E-state index contributed by atoms with van der Waals surface area (Å²) in [6.45, 7) is 0.601. The van der Waals surface area contributed by atoms with E-state index < -0.39 is 0 Å². The number of hydrogen-bond donors (Lipinski definition) is 0. The van der Waals surface area contributed by atoms with Crippen LogP contribution in [0.4, 0.5) is 0 Å². The first-order chi connectivity index (χ1) is 9.06. The van der Waals surface area contributed by atoms with Crippen molar-refractivity contribution in [3.05, 3.63) is 48.0 Å². The number of halogens is 3. The predicted octanol–water partition coefficient (Wildman–Crippen LogP) is 4.98. The highest BCUT2D eigenvalue weighted by Gasteiger charge is 2.25. The number of benzene rings is 1. The largest absolute Gasteiger partial charge is 0.492 e. The molecule has 1 aliphatic heterocycles. The van der Waals surface area contributed by atoms with Crippen molar-refractivity contribution in [3.8, 4) is 5.75 Å². The topological polar surface area (TPSA) is 26.3 Å². The molecule has 0 aliphatic carbocycles. The zero-order valence-electron chi connectivity index (χ0n) is 9.50. The molecule has 0 saturated carbocycles. The fraction of sp³-hybridized carbons (Fsp3) is 0.154. The number of fused-ring (bicyclic) bond motifs is 1. The third-order valence-corrected chi connectivity index (χ3v) is 4.84. The van der Waals surface area contributed by atoms with Gasteiger partial charge >= 0.3 is 0 Å². The monoisotopic (exact) mass is 376 g/mol. The van der Waals surface area contributed by atoms with Crippen molar-refractivity contribution in [1.29, 1.82) is 0 Å². The van der Waals surface area contributed by atoms with Gasteiger partial charge in [0, 0.05) is 10.9 Å². The summed E-state index contributed by atoms with van der Waals surface area (Å²) < 4.78 is 7.32. The second-order valence-electron chi connectivity index (χ2n) is 4.11. The molecule has 2 heterocycles. The lowest BCUT2D eigenvalue weighted by Gasteiger charge is -2.07. The summed E-state index contributed by atoms with van der Waals surface area (Å²) in [5, 5.41) is 0. The van der Waals surface area contributed by atoms with E-state index in [1.165, 1.54) is 11.3 Å². The molecule has 3 rings (SSSR count). The molecule has 6 heteroatoms. The highest BCUT2D eigenvalue weighted by Crippen LogP contribution is 2.38. The number of hydrogen-bond acceptors (Lipinski definition) is 3. The molecule has 2 aromatic rings. The van der Waals surface area contributed by atoms with E-state index in [1.54, 1.807) is 12.1 Å². The summed E-state index contributed by atoms with van der Waals surface area (Å²) in [5.74, 6) is 0.499. The van der Waals surface area contributed by atoms with E-state index in [4.69, 9.17) is 27.9 Å². The van der Waals surface area contributed by atoms with Crippen LogP contribution in [-0.2, 0) is 6.42 Å². The molecule has 1 aromatic heterocycles. The molecular weight excluding hydrogens is 371 g/mol. The third-order valence-electron chi connectivity index (χ3n) is 2.89. The van der Waals surface area contributed by atoms with Gasteiger partial charge in [-0.3, -0.25) is 4.79 Å². The van der Waals surface area contributed by atoms with Crippen LogP contribution in [0.25, 0.3) is 0 Å². The van der Waals surface area contributed by atoms with Crippen LogP contribution in [-0.4, -0.2) is 12.4 Å². The van der Waals surface area contributed by atoms with Crippen LogP contribution in [0.15, 0.2) is 22.7 Å². The van der Waals surface area contributed by atoms with Crippen molar-refractivity contribution >= 4 is 56.3 Å². The van der Waals surface area contributed by atoms with Crippen LogP contribution in [0.3, 0.4) is 0 Å². The molecule has 0 spiro atoms. The van der Waals surface area contributed by atoms with Crippen LogP contribution < -0.4 is 4.74 Å². The van der Waals surface area contributed by atoms with Crippen molar-refractivity contribution < 1.29 is 9.53 Å². The van der Waals surface area contributed by atoms with Crippen molar-refractivity contribution in [2.45, 2.75) is 6.42 Å². The second kappa shape index (κ2) is 5.09. The summed E-state index contributed by atoms with van der Waals surface area (Å²) in [6, 6.07) is 5.33. The Hall–Kier alpha value is -0.550. The summed E-state index contributed by atoms with van der Waals surface area (Å²) in [4.78, 5) is 12.6. The summed E-state index contributed by atoms with van der Waals surface area (Å²) >= 11 is 16.5. The average Bonchev–Trinajstić information content (AvgIpc) is 2.93. The number of ether oxygens (including phenoxy) is 1. The van der Waals surface area contributed by atoms with E-state index in [0.717, 1.165) is 16.5 Å². The van der Waals surface area contributed by atoms with Gasteiger partial charge in [-0.2, -0.15) is 0 Å². The average molecular weight is 378 g/mol. The number of thiophene rings is 1. The first kappa shape index (κ1) is 13.4. The lowest BCUT2D eigenvalue weighted by molar-refractivity contribution is 0.103. The molecule has 1 aliphatic rings. The molecular formula is C13H7BrCl2O2S. The highest BCUT2D eigenvalue weighted by atomic mass is 79.9. The Morgan fingerprint density at radius 2 is 2.05 bits per heavy atom. The van der Waals surface area contributed by atoms with E-state index in [0.29, 0.717) is 32.2 Å². The maximum Gasteiger partial charge on any atom is 0.199 e. The Balaban J connectivity index is 2.12. The molecule has 0 atom stereocenters. The molecule has 98 valence electrons. The van der Waals surface area contributed by atoms with E-state index in [-0.39, 0.29) is 5.78 Å². The third kappa shape index (κ3) is 2.42. The molecule has 0 fully saturated rings. The smallest absolute Gasteiger partial charge is 0.199 e. The Bertz CT molecular complexity index is 682. The quantitative estimate of drug-likeness (QED) is 0.689. The van der Waals surface area contributed by atoms with Crippen LogP contribution in [0.1, 0.15) is 21.5 Å². The van der Waals surface area contributed by atoms with Crippen molar-refractivity contribution in [3.63, 3.8) is 0 Å². The number of rotatable bonds is 2. The summed E-state index contributed by atoms with van der Waals surface area (Å²) in [7, 11) is 0. The molecule has 0 unspecified atom stereocenters. The van der Waals surface area contributed by atoms with Crippen LogP contribution in [0.2, 0.25) is 8.67 Å². The van der Waals surface area contributed by atoms with Crippen LogP contribution >= 0.6 is 50.5 Å². The maximum absolute atomic E-state index is 12.6. The van der Waals surface area contributed by atoms with Crippen molar-refractivity contribution in [2.24, 2.45) is 0 Å². The molecule has 0 N–H and O–H groups in total. The van der Waals surface area contributed by atoms with Gasteiger partial charge in [-0.25, -0.2) is 0 Å². The summed E-state index contributed by atoms with van der Waals surface area (Å²) in [5.41, 5.74) is 1.99. The second-order valence-corrected chi connectivity index (χ2v) is 7.31. The lowest BCUT2D eigenvalue weighted by atomic mass is 10.0. The lowest BCUT2D eigenvalue weighted by Crippen LogP contribution is -2.03. The van der Waals surface area contributed by atoms with E-state index in [1.807, 2.05) is 6.07 Å². The highest BCUT2D eigenvalue weighted by molar-refractivity contribution is 9.10. The summed E-state index contributed by atoms with van der Waals surface area (Å²) in [6.07, 6.45) is 0.813. The minimum Gasteiger partial charge on any atom is -0.492 e. The number of ketones is 1. The van der Waals surface area contributed by atoms with Crippen molar-refractivity contribution in [1.82, 2.24) is 0 Å². The molecule has 0 saturated heterocycles. The Labute approximate surface area is 132 Å². The number of carbonyl (C=O) groups excluding carboxylic acids is 1. The zero-order chi connectivity index (χ0) is 13.6. The first-order valence-electron chi connectivity index (χ1n) is 5.51. The molecule has 0 radical (unpaired) electrons. The van der Waals surface area contributed by atoms with Crippen molar-refractivity contribution in [2.75, 3.05) is 6.61 Å². The molecule has 1 aromatic carbocycles.